The predicted molar refractivity (Wildman–Crippen MR) is 107 cm³/mol. The number of hydrogen-bond donors (Lipinski definition) is 1. The van der Waals surface area contributed by atoms with Crippen LogP contribution in [0.3, 0.4) is 0 Å². The van der Waals surface area contributed by atoms with Crippen LogP contribution < -0.4 is 9.04 Å². The molecular weight excluding hydrogens is 395 g/mol. The van der Waals surface area contributed by atoms with Crippen LogP contribution in [0.15, 0.2) is 65.7 Å². The van der Waals surface area contributed by atoms with E-state index in [0.717, 1.165) is 21.8 Å². The minimum atomic E-state index is -3.81. The number of H-pyrrole nitrogens is 1. The van der Waals surface area contributed by atoms with E-state index in [0.29, 0.717) is 28.8 Å². The molecule has 0 aliphatic carbocycles. The smallest absolute Gasteiger partial charge is 0.264 e. The lowest BCUT2D eigenvalue weighted by atomic mass is 10.3. The van der Waals surface area contributed by atoms with Crippen LogP contribution in [-0.4, -0.2) is 30.4 Å². The summed E-state index contributed by atoms with van der Waals surface area (Å²) < 4.78 is 45.5. The van der Waals surface area contributed by atoms with Gasteiger partial charge in [0.1, 0.15) is 23.0 Å². The number of ether oxygens (including phenoxy) is 1. The Morgan fingerprint density at radius 3 is 2.38 bits per heavy atom. The number of sulfonamides is 1. The first-order valence-corrected chi connectivity index (χ1v) is 10.1. The van der Waals surface area contributed by atoms with Crippen molar-refractivity contribution in [2.45, 2.75) is 11.8 Å². The van der Waals surface area contributed by atoms with Gasteiger partial charge < -0.3 is 9.72 Å². The zero-order valence-corrected chi connectivity index (χ0v) is 16.4. The van der Waals surface area contributed by atoms with Crippen LogP contribution in [0.5, 0.6) is 11.6 Å². The molecule has 0 aliphatic heterocycles. The van der Waals surface area contributed by atoms with E-state index >= 15 is 0 Å². The molecule has 1 N–H and O–H groups in total. The molecule has 148 valence electrons. The number of nitrogens with zero attached hydrogens (tertiary/aromatic N) is 3. The molecule has 0 radical (unpaired) electrons. The van der Waals surface area contributed by atoms with Gasteiger partial charge in [-0.1, -0.05) is 0 Å². The lowest BCUT2D eigenvalue weighted by Gasteiger charge is -2.19. The number of aromatic nitrogens is 3. The molecule has 2 heterocycles. The van der Waals surface area contributed by atoms with Crippen molar-refractivity contribution in [3.63, 3.8) is 0 Å². The quantitative estimate of drug-likeness (QED) is 0.535. The highest BCUT2D eigenvalue weighted by atomic mass is 32.2. The van der Waals surface area contributed by atoms with Crippen molar-refractivity contribution in [2.75, 3.05) is 11.4 Å². The van der Waals surface area contributed by atoms with Gasteiger partial charge in [-0.25, -0.2) is 17.8 Å². The summed E-state index contributed by atoms with van der Waals surface area (Å²) >= 11 is 0. The van der Waals surface area contributed by atoms with Crippen LogP contribution in [-0.2, 0) is 10.0 Å². The van der Waals surface area contributed by atoms with Crippen LogP contribution in [0, 0.1) is 12.7 Å². The maximum atomic E-state index is 13.1. The van der Waals surface area contributed by atoms with Crippen molar-refractivity contribution in [3.8, 4) is 11.6 Å². The van der Waals surface area contributed by atoms with Crippen molar-refractivity contribution in [1.82, 2.24) is 15.0 Å². The Hall–Kier alpha value is -3.46. The molecule has 9 heteroatoms. The van der Waals surface area contributed by atoms with E-state index in [1.54, 1.807) is 37.4 Å². The van der Waals surface area contributed by atoms with Crippen LogP contribution in [0.4, 0.5) is 10.1 Å². The monoisotopic (exact) mass is 412 g/mol. The number of hydrogen-bond acceptors (Lipinski definition) is 5. The Labute approximate surface area is 166 Å². The van der Waals surface area contributed by atoms with Crippen molar-refractivity contribution in [2.24, 2.45) is 0 Å². The third kappa shape index (κ3) is 3.64. The van der Waals surface area contributed by atoms with Crippen molar-refractivity contribution < 1.29 is 17.5 Å². The number of halogens is 1. The fourth-order valence-electron chi connectivity index (χ4n) is 2.84. The molecule has 0 saturated heterocycles. The van der Waals surface area contributed by atoms with Gasteiger partial charge in [-0.3, -0.25) is 4.31 Å². The number of aromatic amines is 1. The van der Waals surface area contributed by atoms with Gasteiger partial charge in [0.25, 0.3) is 10.0 Å². The van der Waals surface area contributed by atoms with Gasteiger partial charge in [0, 0.05) is 13.2 Å². The first kappa shape index (κ1) is 18.9. The number of nitrogens with one attached hydrogen (secondary N) is 1. The summed E-state index contributed by atoms with van der Waals surface area (Å²) in [4.78, 5) is 11.6. The van der Waals surface area contributed by atoms with Gasteiger partial charge >= 0.3 is 0 Å². The molecule has 29 heavy (non-hydrogen) atoms. The number of anilines is 1. The molecule has 2 aromatic carbocycles. The van der Waals surface area contributed by atoms with E-state index in [-0.39, 0.29) is 4.90 Å². The summed E-state index contributed by atoms with van der Waals surface area (Å²) in [5.74, 6) is 0.983. The summed E-state index contributed by atoms with van der Waals surface area (Å²) in [7, 11) is -2.37. The molecule has 0 aliphatic rings. The minimum Gasteiger partial charge on any atom is -0.438 e. The maximum Gasteiger partial charge on any atom is 0.264 e. The van der Waals surface area contributed by atoms with Gasteiger partial charge in [-0.2, -0.15) is 4.98 Å². The summed E-state index contributed by atoms with van der Waals surface area (Å²) in [6.07, 6.45) is 1.75. The second-order valence-corrected chi connectivity index (χ2v) is 8.31. The Bertz CT molecular complexity index is 1270. The molecule has 0 amide bonds. The number of aryl methyl sites for hydroxylation is 1. The predicted octanol–water partition coefficient (Wildman–Crippen LogP) is 4.02. The normalized spacial score (nSPS) is 11.6. The largest absolute Gasteiger partial charge is 0.438 e. The minimum absolute atomic E-state index is 0.00744. The van der Waals surface area contributed by atoms with E-state index in [9.17, 15) is 12.8 Å². The van der Waals surface area contributed by atoms with Gasteiger partial charge in [0.2, 0.25) is 5.88 Å². The van der Waals surface area contributed by atoms with E-state index in [2.05, 4.69) is 15.0 Å². The Morgan fingerprint density at radius 1 is 1.00 bits per heavy atom. The maximum absolute atomic E-state index is 13.1. The van der Waals surface area contributed by atoms with E-state index in [4.69, 9.17) is 4.74 Å². The Balaban J connectivity index is 1.59. The van der Waals surface area contributed by atoms with Crippen LogP contribution in [0.1, 0.15) is 5.82 Å². The third-order valence-corrected chi connectivity index (χ3v) is 6.18. The standard InChI is InChI=1S/C20H17FN4O3S/c1-13-23-19-18(11-12-22-19)20(24-13)28-16-7-5-15(6-8-16)25(2)29(26,27)17-9-3-14(21)4-10-17/h3-12H,1-2H3,(H,22,23,24). The van der Waals surface area contributed by atoms with Crippen LogP contribution in [0.2, 0.25) is 0 Å². The molecular formula is C20H17FN4O3S. The highest BCUT2D eigenvalue weighted by Crippen LogP contribution is 2.29. The fraction of sp³-hybridized carbons (Fsp3) is 0.100. The average molecular weight is 412 g/mol. The molecule has 7 nitrogen and oxygen atoms in total. The Morgan fingerprint density at radius 2 is 1.69 bits per heavy atom. The zero-order valence-electron chi connectivity index (χ0n) is 15.6. The molecule has 4 rings (SSSR count). The summed E-state index contributed by atoms with van der Waals surface area (Å²) in [6.45, 7) is 1.77. The molecule has 0 unspecified atom stereocenters. The molecule has 0 saturated carbocycles. The lowest BCUT2D eigenvalue weighted by Crippen LogP contribution is -2.26. The van der Waals surface area contributed by atoms with Crippen molar-refractivity contribution in [1.29, 1.82) is 0 Å². The fourth-order valence-corrected chi connectivity index (χ4v) is 4.03. The van der Waals surface area contributed by atoms with Gasteiger partial charge in [-0.15, -0.1) is 0 Å². The first-order valence-electron chi connectivity index (χ1n) is 8.69. The highest BCUT2D eigenvalue weighted by Gasteiger charge is 2.21. The van der Waals surface area contributed by atoms with Gasteiger partial charge in [-0.05, 0) is 61.5 Å². The van der Waals surface area contributed by atoms with Crippen LogP contribution in [0.25, 0.3) is 11.0 Å². The summed E-state index contributed by atoms with van der Waals surface area (Å²) in [5.41, 5.74) is 1.11. The summed E-state index contributed by atoms with van der Waals surface area (Å²) in [6, 6.07) is 13.1. The SMILES string of the molecule is Cc1nc(Oc2ccc(N(C)S(=O)(=O)c3ccc(F)cc3)cc2)c2cc[nH]c2n1. The second kappa shape index (κ2) is 7.17. The molecule has 2 aromatic heterocycles. The van der Waals surface area contributed by atoms with E-state index in [1.165, 1.54) is 19.2 Å². The van der Waals surface area contributed by atoms with E-state index < -0.39 is 15.8 Å². The van der Waals surface area contributed by atoms with Gasteiger partial charge in [0.15, 0.2) is 0 Å². The number of benzene rings is 2. The molecule has 0 atom stereocenters. The Kier molecular flexibility index (Phi) is 4.67. The molecule has 4 aromatic rings. The lowest BCUT2D eigenvalue weighted by molar-refractivity contribution is 0.466. The number of fused-ring (bicyclic) bond motifs is 1. The average Bonchev–Trinajstić information content (AvgIpc) is 3.17. The van der Waals surface area contributed by atoms with Crippen molar-refractivity contribution >= 4 is 26.7 Å². The number of rotatable bonds is 5. The van der Waals surface area contributed by atoms with Gasteiger partial charge in [0.05, 0.1) is 16.0 Å². The zero-order chi connectivity index (χ0) is 20.6. The second-order valence-electron chi connectivity index (χ2n) is 6.34. The van der Waals surface area contributed by atoms with E-state index in [1.807, 2.05) is 6.07 Å². The topological polar surface area (TPSA) is 88.2 Å². The molecule has 0 fully saturated rings. The summed E-state index contributed by atoms with van der Waals surface area (Å²) in [5, 5.41) is 0.746. The van der Waals surface area contributed by atoms with Crippen molar-refractivity contribution in [3.05, 3.63) is 72.4 Å². The third-order valence-electron chi connectivity index (χ3n) is 4.38. The highest BCUT2D eigenvalue weighted by molar-refractivity contribution is 7.92. The van der Waals surface area contributed by atoms with Crippen LogP contribution >= 0.6 is 0 Å². The molecule has 0 bridgehead atoms. The first-order chi connectivity index (χ1) is 13.8. The molecule has 0 spiro atoms.